The summed E-state index contributed by atoms with van der Waals surface area (Å²) >= 11 is 0. The van der Waals surface area contributed by atoms with Gasteiger partial charge in [0.25, 0.3) is 0 Å². The zero-order valence-electron chi connectivity index (χ0n) is 13.2. The van der Waals surface area contributed by atoms with Crippen molar-refractivity contribution in [3.63, 3.8) is 0 Å². The molecule has 1 saturated heterocycles. The fourth-order valence-corrected chi connectivity index (χ4v) is 2.63. The SMILES string of the molecule is N/C(=N\O)c1ccc(-c2ccc(OCN3CCCC3=O)cc2)cc1. The first kappa shape index (κ1) is 15.9. The van der Waals surface area contributed by atoms with Crippen LogP contribution in [0.25, 0.3) is 11.1 Å². The van der Waals surface area contributed by atoms with Crippen LogP contribution < -0.4 is 10.5 Å². The van der Waals surface area contributed by atoms with Crippen LogP contribution in [0.3, 0.4) is 0 Å². The quantitative estimate of drug-likeness (QED) is 0.382. The summed E-state index contributed by atoms with van der Waals surface area (Å²) in [5.41, 5.74) is 8.27. The topological polar surface area (TPSA) is 88.2 Å². The van der Waals surface area contributed by atoms with Gasteiger partial charge in [-0.1, -0.05) is 41.6 Å². The average molecular weight is 325 g/mol. The van der Waals surface area contributed by atoms with E-state index in [1.54, 1.807) is 17.0 Å². The summed E-state index contributed by atoms with van der Waals surface area (Å²) < 4.78 is 5.66. The molecule has 1 fully saturated rings. The second-order valence-electron chi connectivity index (χ2n) is 5.62. The van der Waals surface area contributed by atoms with E-state index in [-0.39, 0.29) is 11.7 Å². The first-order valence-electron chi connectivity index (χ1n) is 7.76. The lowest BCUT2D eigenvalue weighted by Gasteiger charge is -2.16. The van der Waals surface area contributed by atoms with Crippen LogP contribution in [-0.4, -0.2) is 35.1 Å². The largest absolute Gasteiger partial charge is 0.473 e. The highest BCUT2D eigenvalue weighted by Crippen LogP contribution is 2.23. The Morgan fingerprint density at radius 2 is 1.75 bits per heavy atom. The van der Waals surface area contributed by atoms with Gasteiger partial charge >= 0.3 is 0 Å². The third-order valence-corrected chi connectivity index (χ3v) is 4.03. The predicted molar refractivity (Wildman–Crippen MR) is 90.8 cm³/mol. The van der Waals surface area contributed by atoms with E-state index in [1.807, 2.05) is 36.4 Å². The number of carbonyl (C=O) groups is 1. The lowest BCUT2D eigenvalue weighted by atomic mass is 10.0. The second kappa shape index (κ2) is 7.04. The van der Waals surface area contributed by atoms with E-state index >= 15 is 0 Å². The molecule has 0 saturated carbocycles. The molecule has 0 radical (unpaired) electrons. The second-order valence-corrected chi connectivity index (χ2v) is 5.62. The van der Waals surface area contributed by atoms with Crippen molar-refractivity contribution in [2.75, 3.05) is 13.3 Å². The number of ether oxygens (including phenoxy) is 1. The zero-order chi connectivity index (χ0) is 16.9. The van der Waals surface area contributed by atoms with Gasteiger partial charge in [0.15, 0.2) is 12.6 Å². The molecule has 1 aliphatic rings. The van der Waals surface area contributed by atoms with Gasteiger partial charge in [-0.05, 0) is 29.7 Å². The number of nitrogens with two attached hydrogens (primary N) is 1. The third-order valence-electron chi connectivity index (χ3n) is 4.03. The fourth-order valence-electron chi connectivity index (χ4n) is 2.63. The Kier molecular flexibility index (Phi) is 4.65. The van der Waals surface area contributed by atoms with Crippen LogP contribution in [0.4, 0.5) is 0 Å². The number of hydrogen-bond donors (Lipinski definition) is 2. The Labute approximate surface area is 140 Å². The normalized spacial score (nSPS) is 14.9. The molecule has 124 valence electrons. The molecule has 3 rings (SSSR count). The Morgan fingerprint density at radius 3 is 2.29 bits per heavy atom. The maximum Gasteiger partial charge on any atom is 0.225 e. The average Bonchev–Trinajstić information content (AvgIpc) is 3.05. The van der Waals surface area contributed by atoms with Crippen LogP contribution in [-0.2, 0) is 4.79 Å². The van der Waals surface area contributed by atoms with Gasteiger partial charge in [0.05, 0.1) is 0 Å². The Balaban J connectivity index is 1.64. The number of oxime groups is 1. The summed E-state index contributed by atoms with van der Waals surface area (Å²) in [7, 11) is 0. The van der Waals surface area contributed by atoms with E-state index in [1.165, 1.54) is 0 Å². The van der Waals surface area contributed by atoms with Crippen molar-refractivity contribution in [1.29, 1.82) is 0 Å². The summed E-state index contributed by atoms with van der Waals surface area (Å²) in [5.74, 6) is 0.964. The Hall–Kier alpha value is -3.02. The predicted octanol–water partition coefficient (Wildman–Crippen LogP) is 2.41. The van der Waals surface area contributed by atoms with E-state index in [9.17, 15) is 4.79 Å². The van der Waals surface area contributed by atoms with Crippen molar-refractivity contribution in [1.82, 2.24) is 4.90 Å². The maximum absolute atomic E-state index is 11.5. The van der Waals surface area contributed by atoms with Crippen LogP contribution in [0.2, 0.25) is 0 Å². The summed E-state index contributed by atoms with van der Waals surface area (Å²) in [4.78, 5) is 13.3. The third kappa shape index (κ3) is 3.48. The molecular weight excluding hydrogens is 306 g/mol. The number of likely N-dealkylation sites (tertiary alicyclic amines) is 1. The summed E-state index contributed by atoms with van der Waals surface area (Å²) in [6.45, 7) is 1.07. The van der Waals surface area contributed by atoms with Gasteiger partial charge < -0.3 is 20.6 Å². The smallest absolute Gasteiger partial charge is 0.225 e. The van der Waals surface area contributed by atoms with Crippen molar-refractivity contribution >= 4 is 11.7 Å². The molecule has 0 bridgehead atoms. The van der Waals surface area contributed by atoms with Crippen molar-refractivity contribution < 1.29 is 14.7 Å². The molecule has 1 aliphatic heterocycles. The molecule has 0 aromatic heterocycles. The number of amides is 1. The minimum atomic E-state index is 0.0850. The highest BCUT2D eigenvalue weighted by molar-refractivity contribution is 5.97. The molecule has 0 aliphatic carbocycles. The molecule has 6 heteroatoms. The molecule has 2 aromatic rings. The van der Waals surface area contributed by atoms with E-state index < -0.39 is 0 Å². The summed E-state index contributed by atoms with van der Waals surface area (Å²) in [5, 5.41) is 11.7. The maximum atomic E-state index is 11.5. The lowest BCUT2D eigenvalue weighted by Crippen LogP contribution is -2.28. The molecule has 3 N–H and O–H groups in total. The highest BCUT2D eigenvalue weighted by atomic mass is 16.5. The molecule has 2 aromatic carbocycles. The van der Waals surface area contributed by atoms with E-state index in [2.05, 4.69) is 5.16 Å². The fraction of sp³-hybridized carbons (Fsp3) is 0.222. The van der Waals surface area contributed by atoms with Crippen LogP contribution in [0.15, 0.2) is 53.7 Å². The van der Waals surface area contributed by atoms with Crippen LogP contribution in [0.5, 0.6) is 5.75 Å². The first-order valence-corrected chi connectivity index (χ1v) is 7.76. The number of benzene rings is 2. The monoisotopic (exact) mass is 325 g/mol. The molecule has 1 heterocycles. The molecule has 1 amide bonds. The first-order chi connectivity index (χ1) is 11.7. The zero-order valence-corrected chi connectivity index (χ0v) is 13.2. The van der Waals surface area contributed by atoms with Crippen molar-refractivity contribution in [3.05, 3.63) is 54.1 Å². The van der Waals surface area contributed by atoms with Gasteiger partial charge in [-0.15, -0.1) is 0 Å². The molecule has 0 atom stereocenters. The van der Waals surface area contributed by atoms with Crippen molar-refractivity contribution in [2.45, 2.75) is 12.8 Å². The standard InChI is InChI=1S/C18H19N3O3/c19-18(20-23)15-5-3-13(4-6-15)14-7-9-16(10-8-14)24-12-21-11-1-2-17(21)22/h3-10,23H,1-2,11-12H2,(H2,19,20). The summed E-state index contributed by atoms with van der Waals surface area (Å²) in [6, 6.07) is 15.1. The minimum absolute atomic E-state index is 0.0850. The number of carbonyl (C=O) groups excluding carboxylic acids is 1. The van der Waals surface area contributed by atoms with Crippen LogP contribution >= 0.6 is 0 Å². The minimum Gasteiger partial charge on any atom is -0.473 e. The van der Waals surface area contributed by atoms with E-state index in [0.29, 0.717) is 18.7 Å². The number of hydrogen-bond acceptors (Lipinski definition) is 4. The molecule has 0 unspecified atom stereocenters. The van der Waals surface area contributed by atoms with Crippen LogP contribution in [0.1, 0.15) is 18.4 Å². The molecule has 6 nitrogen and oxygen atoms in total. The van der Waals surface area contributed by atoms with Gasteiger partial charge in [0.1, 0.15) is 5.75 Å². The Bertz CT molecular complexity index is 739. The van der Waals surface area contributed by atoms with Gasteiger partial charge in [-0.2, -0.15) is 0 Å². The molecule has 24 heavy (non-hydrogen) atoms. The van der Waals surface area contributed by atoms with E-state index in [0.717, 1.165) is 29.8 Å². The van der Waals surface area contributed by atoms with Gasteiger partial charge in [0.2, 0.25) is 5.91 Å². The lowest BCUT2D eigenvalue weighted by molar-refractivity contribution is -0.130. The van der Waals surface area contributed by atoms with Crippen LogP contribution in [0, 0.1) is 0 Å². The van der Waals surface area contributed by atoms with E-state index in [4.69, 9.17) is 15.7 Å². The molecule has 0 spiro atoms. The molecular formula is C18H19N3O3. The number of nitrogens with zero attached hydrogens (tertiary/aromatic N) is 2. The Morgan fingerprint density at radius 1 is 1.12 bits per heavy atom. The van der Waals surface area contributed by atoms with Crippen molar-refractivity contribution in [2.24, 2.45) is 10.9 Å². The summed E-state index contributed by atoms with van der Waals surface area (Å²) in [6.07, 6.45) is 1.52. The number of amidine groups is 1. The van der Waals surface area contributed by atoms with Crippen molar-refractivity contribution in [3.8, 4) is 16.9 Å². The van der Waals surface area contributed by atoms with Gasteiger partial charge in [-0.25, -0.2) is 0 Å². The van der Waals surface area contributed by atoms with Gasteiger partial charge in [0, 0.05) is 18.5 Å². The van der Waals surface area contributed by atoms with Gasteiger partial charge in [-0.3, -0.25) is 4.79 Å². The number of rotatable bonds is 5. The highest BCUT2D eigenvalue weighted by Gasteiger charge is 2.20.